The molecule has 0 saturated carbocycles. The lowest BCUT2D eigenvalue weighted by Crippen LogP contribution is -2.22. The molecular formula is C23H19ClN6OS. The second kappa shape index (κ2) is 8.29. The van der Waals surface area contributed by atoms with Crippen molar-refractivity contribution in [2.45, 2.75) is 24.4 Å². The van der Waals surface area contributed by atoms with Crippen LogP contribution in [0.5, 0.6) is 0 Å². The van der Waals surface area contributed by atoms with Crippen LogP contribution in [0.1, 0.15) is 11.3 Å². The van der Waals surface area contributed by atoms with Gasteiger partial charge in [-0.2, -0.15) is 5.10 Å². The third-order valence-corrected chi connectivity index (χ3v) is 6.60. The summed E-state index contributed by atoms with van der Waals surface area (Å²) in [6.07, 6.45) is 1.68. The molecule has 0 fully saturated rings. The van der Waals surface area contributed by atoms with Gasteiger partial charge in [0.05, 0.1) is 22.3 Å². The minimum absolute atomic E-state index is 0.111. The van der Waals surface area contributed by atoms with Gasteiger partial charge in [-0.25, -0.2) is 4.68 Å². The largest absolute Gasteiger partial charge is 0.272 e. The van der Waals surface area contributed by atoms with E-state index in [4.69, 9.17) is 11.6 Å². The predicted molar refractivity (Wildman–Crippen MR) is 128 cm³/mol. The Hall–Kier alpha value is -3.36. The molecule has 0 aliphatic heterocycles. The van der Waals surface area contributed by atoms with Crippen molar-refractivity contribution in [1.29, 1.82) is 0 Å². The molecule has 0 N–H and O–H groups in total. The van der Waals surface area contributed by atoms with Gasteiger partial charge in [0.1, 0.15) is 5.15 Å². The second-order valence-electron chi connectivity index (χ2n) is 7.23. The summed E-state index contributed by atoms with van der Waals surface area (Å²) in [7, 11) is 0. The number of aryl methyl sites for hydroxylation is 1. The van der Waals surface area contributed by atoms with Gasteiger partial charge in [-0.1, -0.05) is 59.8 Å². The molecular weight excluding hydrogens is 444 g/mol. The number of halogens is 1. The summed E-state index contributed by atoms with van der Waals surface area (Å²) < 4.78 is 5.24. The number of aromatic nitrogens is 6. The molecule has 0 aliphatic carbocycles. The third-order valence-electron chi connectivity index (χ3n) is 5.26. The molecule has 3 aromatic heterocycles. The lowest BCUT2D eigenvalue weighted by atomic mass is 10.2. The van der Waals surface area contributed by atoms with E-state index in [0.717, 1.165) is 22.5 Å². The van der Waals surface area contributed by atoms with E-state index >= 15 is 0 Å². The van der Waals surface area contributed by atoms with Crippen LogP contribution in [0.2, 0.25) is 5.15 Å². The Bertz CT molecular complexity index is 1520. The summed E-state index contributed by atoms with van der Waals surface area (Å²) in [5.74, 6) is 1.05. The maximum Gasteiger partial charge on any atom is 0.263 e. The summed E-state index contributed by atoms with van der Waals surface area (Å²) in [6, 6.07) is 17.3. The minimum atomic E-state index is -0.111. The van der Waals surface area contributed by atoms with Gasteiger partial charge in [-0.3, -0.25) is 13.8 Å². The molecule has 0 atom stereocenters. The molecule has 5 rings (SSSR count). The molecule has 0 aliphatic rings. The van der Waals surface area contributed by atoms with E-state index in [1.807, 2.05) is 65.9 Å². The van der Waals surface area contributed by atoms with E-state index in [2.05, 4.69) is 21.9 Å². The van der Waals surface area contributed by atoms with Crippen LogP contribution in [0.4, 0.5) is 0 Å². The number of hydrogen-bond acceptors (Lipinski definition) is 5. The Morgan fingerprint density at radius 3 is 2.62 bits per heavy atom. The van der Waals surface area contributed by atoms with E-state index in [1.54, 1.807) is 15.3 Å². The molecule has 0 spiro atoms. The average molecular weight is 463 g/mol. The number of nitrogens with zero attached hydrogens (tertiary/aromatic N) is 6. The highest BCUT2D eigenvalue weighted by atomic mass is 35.5. The number of benzene rings is 2. The normalized spacial score (nSPS) is 11.4. The monoisotopic (exact) mass is 462 g/mol. The number of fused-ring (bicyclic) bond motifs is 3. The van der Waals surface area contributed by atoms with Crippen molar-refractivity contribution in [1.82, 2.24) is 28.9 Å². The van der Waals surface area contributed by atoms with Crippen molar-refractivity contribution in [3.05, 3.63) is 94.0 Å². The fourth-order valence-electron chi connectivity index (χ4n) is 3.69. The van der Waals surface area contributed by atoms with Crippen LogP contribution >= 0.6 is 23.4 Å². The van der Waals surface area contributed by atoms with Crippen LogP contribution in [0.15, 0.2) is 77.2 Å². The van der Waals surface area contributed by atoms with Gasteiger partial charge < -0.3 is 0 Å². The first-order valence-corrected chi connectivity index (χ1v) is 11.4. The highest BCUT2D eigenvalue weighted by Gasteiger charge is 2.19. The molecule has 9 heteroatoms. The summed E-state index contributed by atoms with van der Waals surface area (Å²) in [6.45, 7) is 6.06. The van der Waals surface area contributed by atoms with Crippen molar-refractivity contribution >= 4 is 40.0 Å². The first-order chi connectivity index (χ1) is 15.6. The summed E-state index contributed by atoms with van der Waals surface area (Å²) in [5.41, 5.74) is 3.35. The number of hydrogen-bond donors (Lipinski definition) is 0. The Morgan fingerprint density at radius 1 is 1.09 bits per heavy atom. The van der Waals surface area contributed by atoms with E-state index < -0.39 is 0 Å². The lowest BCUT2D eigenvalue weighted by Gasteiger charge is -2.09. The smallest absolute Gasteiger partial charge is 0.263 e. The highest BCUT2D eigenvalue weighted by molar-refractivity contribution is 7.98. The van der Waals surface area contributed by atoms with Crippen molar-refractivity contribution in [3.8, 4) is 5.69 Å². The van der Waals surface area contributed by atoms with Crippen LogP contribution in [0.25, 0.3) is 22.4 Å². The first-order valence-electron chi connectivity index (χ1n) is 10.00. The van der Waals surface area contributed by atoms with Crippen LogP contribution in [-0.2, 0) is 12.3 Å². The summed E-state index contributed by atoms with van der Waals surface area (Å²) >= 11 is 8.20. The van der Waals surface area contributed by atoms with Gasteiger partial charge in [0.2, 0.25) is 5.78 Å². The van der Waals surface area contributed by atoms with Gasteiger partial charge in [0.25, 0.3) is 5.56 Å². The standard InChI is InChI=1S/C23H19ClN6OS/c1-3-13-28-21(31)17-11-7-8-12-19(17)29-22(28)25-26-23(29)32-14-18-15(2)27-30(20(18)24)16-9-5-4-6-10-16/h3-12H,1,13-14H2,2H3. The first kappa shape index (κ1) is 20.5. The Labute approximate surface area is 193 Å². The minimum Gasteiger partial charge on any atom is -0.272 e. The zero-order chi connectivity index (χ0) is 22.2. The molecule has 2 aromatic carbocycles. The fourth-order valence-corrected chi connectivity index (χ4v) is 5.14. The van der Waals surface area contributed by atoms with Gasteiger partial charge in [0.15, 0.2) is 5.16 Å². The van der Waals surface area contributed by atoms with E-state index in [0.29, 0.717) is 33.8 Å². The molecule has 0 bridgehead atoms. The Morgan fingerprint density at radius 2 is 1.84 bits per heavy atom. The molecule has 3 heterocycles. The van der Waals surface area contributed by atoms with Crippen molar-refractivity contribution in [2.75, 3.05) is 0 Å². The summed E-state index contributed by atoms with van der Waals surface area (Å²) in [4.78, 5) is 12.9. The number of rotatable bonds is 6. The molecule has 0 unspecified atom stereocenters. The number of para-hydroxylation sites is 2. The van der Waals surface area contributed by atoms with E-state index in [9.17, 15) is 4.79 Å². The molecule has 0 radical (unpaired) electrons. The number of thioether (sulfide) groups is 1. The molecule has 0 amide bonds. The van der Waals surface area contributed by atoms with Crippen LogP contribution in [0, 0.1) is 6.92 Å². The molecule has 32 heavy (non-hydrogen) atoms. The predicted octanol–water partition coefficient (Wildman–Crippen LogP) is 4.67. The van der Waals surface area contributed by atoms with Gasteiger partial charge >= 0.3 is 0 Å². The molecule has 5 aromatic rings. The lowest BCUT2D eigenvalue weighted by molar-refractivity contribution is 0.783. The third kappa shape index (κ3) is 3.32. The maximum atomic E-state index is 12.9. The molecule has 160 valence electrons. The topological polar surface area (TPSA) is 70.0 Å². The van der Waals surface area contributed by atoms with Crippen LogP contribution in [-0.4, -0.2) is 28.9 Å². The second-order valence-corrected chi connectivity index (χ2v) is 8.53. The van der Waals surface area contributed by atoms with Crippen LogP contribution in [0.3, 0.4) is 0 Å². The quantitative estimate of drug-likeness (QED) is 0.271. The SMILES string of the molecule is C=CCn1c(=O)c2ccccc2n2c(SCc3c(C)nn(-c4ccccc4)c3Cl)nnc12. The summed E-state index contributed by atoms with van der Waals surface area (Å²) in [5, 5.41) is 15.2. The van der Waals surface area contributed by atoms with Gasteiger partial charge in [0, 0.05) is 17.9 Å². The van der Waals surface area contributed by atoms with E-state index in [1.165, 1.54) is 11.8 Å². The zero-order valence-electron chi connectivity index (χ0n) is 17.3. The van der Waals surface area contributed by atoms with Gasteiger partial charge in [-0.15, -0.1) is 16.8 Å². The number of allylic oxidation sites excluding steroid dienone is 1. The molecule has 0 saturated heterocycles. The molecule has 7 nitrogen and oxygen atoms in total. The van der Waals surface area contributed by atoms with Crippen molar-refractivity contribution in [2.24, 2.45) is 0 Å². The highest BCUT2D eigenvalue weighted by Crippen LogP contribution is 2.30. The zero-order valence-corrected chi connectivity index (χ0v) is 18.8. The Balaban J connectivity index is 1.57. The van der Waals surface area contributed by atoms with Crippen molar-refractivity contribution < 1.29 is 0 Å². The van der Waals surface area contributed by atoms with Gasteiger partial charge in [-0.05, 0) is 31.2 Å². The van der Waals surface area contributed by atoms with Crippen LogP contribution < -0.4 is 5.56 Å². The fraction of sp³-hybridized carbons (Fsp3) is 0.130. The van der Waals surface area contributed by atoms with Crippen molar-refractivity contribution in [3.63, 3.8) is 0 Å². The van der Waals surface area contributed by atoms with E-state index in [-0.39, 0.29) is 5.56 Å². The Kier molecular flexibility index (Phi) is 5.32. The maximum absolute atomic E-state index is 12.9. The average Bonchev–Trinajstić information content (AvgIpc) is 3.36.